The van der Waals surface area contributed by atoms with Crippen molar-refractivity contribution in [2.75, 3.05) is 26.2 Å². The Balaban J connectivity index is 1.35. The number of carbonyl (C=O) groups excluding carboxylic acids is 2. The minimum Gasteiger partial charge on any atom is -0.345 e. The van der Waals surface area contributed by atoms with Crippen molar-refractivity contribution >= 4 is 22.8 Å². The van der Waals surface area contributed by atoms with Crippen molar-refractivity contribution in [1.29, 1.82) is 0 Å². The fraction of sp³-hybridized carbons (Fsp3) is 0.263. The lowest BCUT2D eigenvalue weighted by Gasteiger charge is -2.34. The van der Waals surface area contributed by atoms with E-state index in [9.17, 15) is 9.59 Å². The average Bonchev–Trinajstić information content (AvgIpc) is 3.16. The number of rotatable bonds is 3. The number of carbonyl (C=O) groups is 2. The molecule has 2 amide bonds. The van der Waals surface area contributed by atoms with Crippen LogP contribution in [0.3, 0.4) is 0 Å². The van der Waals surface area contributed by atoms with Crippen LogP contribution in [-0.2, 0) is 11.2 Å². The standard InChI is InChI=1S/C19H19N5O2/c25-18(11-14-3-4-16-17(10-14)22-13-21-16)23-6-8-24(9-7-23)19(26)15-2-1-5-20-12-15/h1-5,10,12-13H,6-9,11H2,(H,21,22). The minimum atomic E-state index is -0.0325. The van der Waals surface area contributed by atoms with Crippen molar-refractivity contribution in [2.45, 2.75) is 6.42 Å². The molecule has 1 saturated heterocycles. The predicted molar refractivity (Wildman–Crippen MR) is 96.5 cm³/mol. The molecule has 0 saturated carbocycles. The Kier molecular flexibility index (Phi) is 4.35. The van der Waals surface area contributed by atoms with Crippen molar-refractivity contribution in [1.82, 2.24) is 24.8 Å². The number of aromatic amines is 1. The van der Waals surface area contributed by atoms with Gasteiger partial charge in [-0.25, -0.2) is 4.98 Å². The average molecular weight is 349 g/mol. The van der Waals surface area contributed by atoms with Crippen LogP contribution in [0.15, 0.2) is 49.1 Å². The van der Waals surface area contributed by atoms with E-state index < -0.39 is 0 Å². The molecule has 0 aliphatic carbocycles. The maximum absolute atomic E-state index is 12.6. The quantitative estimate of drug-likeness (QED) is 0.777. The van der Waals surface area contributed by atoms with E-state index in [1.807, 2.05) is 23.1 Å². The number of imidazole rings is 1. The van der Waals surface area contributed by atoms with Gasteiger partial charge in [-0.1, -0.05) is 6.07 Å². The molecule has 1 aromatic carbocycles. The van der Waals surface area contributed by atoms with Gasteiger partial charge in [-0.3, -0.25) is 14.6 Å². The summed E-state index contributed by atoms with van der Waals surface area (Å²) in [5.74, 6) is 0.0484. The number of hydrogen-bond acceptors (Lipinski definition) is 4. The Morgan fingerprint density at radius 3 is 2.65 bits per heavy atom. The summed E-state index contributed by atoms with van der Waals surface area (Å²) >= 11 is 0. The van der Waals surface area contributed by atoms with Crippen LogP contribution in [0.5, 0.6) is 0 Å². The fourth-order valence-electron chi connectivity index (χ4n) is 3.21. The van der Waals surface area contributed by atoms with Crippen LogP contribution in [-0.4, -0.2) is 62.7 Å². The maximum Gasteiger partial charge on any atom is 0.255 e. The van der Waals surface area contributed by atoms with Crippen molar-refractivity contribution in [3.05, 3.63) is 60.2 Å². The number of piperazine rings is 1. The van der Waals surface area contributed by atoms with E-state index in [1.54, 1.807) is 35.8 Å². The van der Waals surface area contributed by atoms with Gasteiger partial charge in [0.25, 0.3) is 5.91 Å². The van der Waals surface area contributed by atoms with Gasteiger partial charge in [0, 0.05) is 38.6 Å². The van der Waals surface area contributed by atoms with E-state index >= 15 is 0 Å². The number of benzene rings is 1. The largest absolute Gasteiger partial charge is 0.345 e. The topological polar surface area (TPSA) is 82.2 Å². The first kappa shape index (κ1) is 16.3. The van der Waals surface area contributed by atoms with Gasteiger partial charge in [0.2, 0.25) is 5.91 Å². The zero-order valence-corrected chi connectivity index (χ0v) is 14.3. The summed E-state index contributed by atoms with van der Waals surface area (Å²) in [6, 6.07) is 9.33. The van der Waals surface area contributed by atoms with Crippen LogP contribution in [0.4, 0.5) is 0 Å². The Hall–Kier alpha value is -3.22. The number of pyridine rings is 1. The highest BCUT2D eigenvalue weighted by atomic mass is 16.2. The molecule has 26 heavy (non-hydrogen) atoms. The summed E-state index contributed by atoms with van der Waals surface area (Å²) in [7, 11) is 0. The van der Waals surface area contributed by atoms with Gasteiger partial charge in [-0.15, -0.1) is 0 Å². The van der Waals surface area contributed by atoms with E-state index in [4.69, 9.17) is 0 Å². The van der Waals surface area contributed by atoms with Crippen molar-refractivity contribution < 1.29 is 9.59 Å². The fourth-order valence-corrected chi connectivity index (χ4v) is 3.21. The summed E-state index contributed by atoms with van der Waals surface area (Å²) < 4.78 is 0. The number of aromatic nitrogens is 3. The molecular weight excluding hydrogens is 330 g/mol. The molecular formula is C19H19N5O2. The molecule has 1 aliphatic heterocycles. The summed E-state index contributed by atoms with van der Waals surface area (Å²) in [6.45, 7) is 2.19. The van der Waals surface area contributed by atoms with Gasteiger partial charge in [-0.2, -0.15) is 0 Å². The van der Waals surface area contributed by atoms with E-state index in [0.29, 0.717) is 38.2 Å². The van der Waals surface area contributed by atoms with Gasteiger partial charge < -0.3 is 14.8 Å². The van der Waals surface area contributed by atoms with Crippen LogP contribution in [0.2, 0.25) is 0 Å². The lowest BCUT2D eigenvalue weighted by Crippen LogP contribution is -2.51. The van der Waals surface area contributed by atoms with Crippen LogP contribution in [0.25, 0.3) is 11.0 Å². The second-order valence-corrected chi connectivity index (χ2v) is 6.35. The molecule has 7 heteroatoms. The molecule has 3 heterocycles. The molecule has 0 atom stereocenters. The molecule has 1 aliphatic rings. The third-order valence-corrected chi connectivity index (χ3v) is 4.67. The summed E-state index contributed by atoms with van der Waals surface area (Å²) in [5, 5.41) is 0. The van der Waals surface area contributed by atoms with Gasteiger partial charge in [-0.05, 0) is 29.8 Å². The molecule has 0 radical (unpaired) electrons. The molecule has 0 spiro atoms. The third-order valence-electron chi connectivity index (χ3n) is 4.67. The van der Waals surface area contributed by atoms with E-state index in [1.165, 1.54) is 0 Å². The predicted octanol–water partition coefficient (Wildman–Crippen LogP) is 1.49. The highest BCUT2D eigenvalue weighted by Gasteiger charge is 2.25. The van der Waals surface area contributed by atoms with Crippen LogP contribution in [0, 0.1) is 0 Å². The smallest absolute Gasteiger partial charge is 0.255 e. The third kappa shape index (κ3) is 3.28. The number of hydrogen-bond donors (Lipinski definition) is 1. The molecule has 0 unspecified atom stereocenters. The van der Waals surface area contributed by atoms with E-state index in [-0.39, 0.29) is 11.8 Å². The SMILES string of the molecule is O=C(Cc1ccc2nc[nH]c2c1)N1CCN(C(=O)c2cccnc2)CC1. The van der Waals surface area contributed by atoms with Crippen LogP contribution >= 0.6 is 0 Å². The summed E-state index contributed by atoms with van der Waals surface area (Å²) in [4.78, 5) is 39.8. The second kappa shape index (κ2) is 6.95. The first-order valence-electron chi connectivity index (χ1n) is 8.60. The van der Waals surface area contributed by atoms with Gasteiger partial charge in [0.1, 0.15) is 0 Å². The maximum atomic E-state index is 12.6. The van der Waals surface area contributed by atoms with Gasteiger partial charge in [0.05, 0.1) is 29.3 Å². The molecule has 1 N–H and O–H groups in total. The molecule has 4 rings (SSSR count). The number of nitrogens with zero attached hydrogens (tertiary/aromatic N) is 4. The first-order chi connectivity index (χ1) is 12.7. The molecule has 7 nitrogen and oxygen atoms in total. The lowest BCUT2D eigenvalue weighted by molar-refractivity contribution is -0.131. The summed E-state index contributed by atoms with van der Waals surface area (Å²) in [6.07, 6.45) is 5.22. The van der Waals surface area contributed by atoms with E-state index in [0.717, 1.165) is 16.6 Å². The van der Waals surface area contributed by atoms with Gasteiger partial charge in [0.15, 0.2) is 0 Å². The van der Waals surface area contributed by atoms with Gasteiger partial charge >= 0.3 is 0 Å². The van der Waals surface area contributed by atoms with Crippen molar-refractivity contribution in [2.24, 2.45) is 0 Å². The normalized spacial score (nSPS) is 14.6. The second-order valence-electron chi connectivity index (χ2n) is 6.35. The van der Waals surface area contributed by atoms with Crippen molar-refractivity contribution in [3.63, 3.8) is 0 Å². The molecule has 3 aromatic rings. The molecule has 1 fully saturated rings. The number of nitrogens with one attached hydrogen (secondary N) is 1. The lowest BCUT2D eigenvalue weighted by atomic mass is 10.1. The zero-order valence-electron chi connectivity index (χ0n) is 14.3. The van der Waals surface area contributed by atoms with Crippen molar-refractivity contribution in [3.8, 4) is 0 Å². The van der Waals surface area contributed by atoms with Crippen LogP contribution < -0.4 is 0 Å². The summed E-state index contributed by atoms with van der Waals surface area (Å²) in [5.41, 5.74) is 3.37. The Morgan fingerprint density at radius 1 is 1.08 bits per heavy atom. The Bertz CT molecular complexity index is 929. The minimum absolute atomic E-state index is 0.0325. The molecule has 0 bridgehead atoms. The van der Waals surface area contributed by atoms with E-state index in [2.05, 4.69) is 15.0 Å². The zero-order chi connectivity index (χ0) is 17.9. The van der Waals surface area contributed by atoms with Crippen LogP contribution in [0.1, 0.15) is 15.9 Å². The Morgan fingerprint density at radius 2 is 1.88 bits per heavy atom. The highest BCUT2D eigenvalue weighted by Crippen LogP contribution is 2.14. The molecule has 132 valence electrons. The number of amides is 2. The number of fused-ring (bicyclic) bond motifs is 1. The first-order valence-corrected chi connectivity index (χ1v) is 8.60. The number of H-pyrrole nitrogens is 1. The highest BCUT2D eigenvalue weighted by molar-refractivity contribution is 5.94. The Labute approximate surface area is 150 Å². The molecule has 2 aromatic heterocycles. The monoisotopic (exact) mass is 349 g/mol.